The molecule has 0 saturated heterocycles. The minimum atomic E-state index is 0.486. The fraction of sp³-hybridized carbons (Fsp3) is 0.250. The van der Waals surface area contributed by atoms with Gasteiger partial charge in [0.05, 0.1) is 25.8 Å². The molecule has 0 bridgehead atoms. The first-order chi connectivity index (χ1) is 15.7. The topological polar surface area (TPSA) is 71.0 Å². The zero-order valence-electron chi connectivity index (χ0n) is 17.8. The minimum Gasteiger partial charge on any atom is -0.496 e. The average molecular weight is 448 g/mol. The zero-order chi connectivity index (χ0) is 21.7. The molecule has 0 atom stereocenters. The summed E-state index contributed by atoms with van der Waals surface area (Å²) in [6.45, 7) is 0.486. The summed E-state index contributed by atoms with van der Waals surface area (Å²) >= 11 is 1.38. The molecule has 3 aromatic heterocycles. The van der Waals surface area contributed by atoms with Gasteiger partial charge in [-0.25, -0.2) is 9.50 Å². The molecule has 0 aliphatic heterocycles. The highest BCUT2D eigenvalue weighted by atomic mass is 32.1. The maximum absolute atomic E-state index is 6.24. The fourth-order valence-electron chi connectivity index (χ4n) is 4.21. The van der Waals surface area contributed by atoms with Gasteiger partial charge in [0, 0.05) is 12.1 Å². The number of aromatic nitrogens is 3. The second kappa shape index (κ2) is 7.56. The molecule has 3 heterocycles. The quantitative estimate of drug-likeness (QED) is 0.352. The van der Waals surface area contributed by atoms with Crippen molar-refractivity contribution in [2.45, 2.75) is 25.9 Å². The van der Waals surface area contributed by atoms with Crippen LogP contribution in [0, 0.1) is 0 Å². The minimum absolute atomic E-state index is 0.486. The van der Waals surface area contributed by atoms with Crippen LogP contribution in [0.5, 0.6) is 16.7 Å². The van der Waals surface area contributed by atoms with Gasteiger partial charge in [-0.3, -0.25) is 0 Å². The number of fused-ring (bicyclic) bond motifs is 3. The Morgan fingerprint density at radius 3 is 2.81 bits per heavy atom. The smallest absolute Gasteiger partial charge is 0.294 e. The third-order valence-electron chi connectivity index (χ3n) is 5.82. The molecule has 1 aliphatic rings. The van der Waals surface area contributed by atoms with Gasteiger partial charge < -0.3 is 18.6 Å². The van der Waals surface area contributed by atoms with E-state index in [9.17, 15) is 0 Å². The van der Waals surface area contributed by atoms with E-state index in [1.165, 1.54) is 40.9 Å². The van der Waals surface area contributed by atoms with Crippen molar-refractivity contribution in [2.75, 3.05) is 14.2 Å². The number of hydrogen-bond donors (Lipinski definition) is 0. The summed E-state index contributed by atoms with van der Waals surface area (Å²) in [5.41, 5.74) is 5.46. The van der Waals surface area contributed by atoms with Crippen molar-refractivity contribution in [2.24, 2.45) is 0 Å². The highest BCUT2D eigenvalue weighted by molar-refractivity contribution is 7.18. The molecule has 5 aromatic rings. The fourth-order valence-corrected chi connectivity index (χ4v) is 4.90. The van der Waals surface area contributed by atoms with Gasteiger partial charge in [0.25, 0.3) is 5.19 Å². The van der Waals surface area contributed by atoms with Gasteiger partial charge in [-0.2, -0.15) is 0 Å². The number of nitrogens with zero attached hydrogens (tertiary/aromatic N) is 3. The van der Waals surface area contributed by atoms with Crippen molar-refractivity contribution in [3.05, 3.63) is 59.3 Å². The van der Waals surface area contributed by atoms with E-state index in [0.717, 1.165) is 22.5 Å². The van der Waals surface area contributed by atoms with E-state index < -0.39 is 0 Å². The molecular formula is C24H21N3O4S. The molecule has 0 fully saturated rings. The number of imidazole rings is 1. The Morgan fingerprint density at radius 2 is 1.97 bits per heavy atom. The number of rotatable bonds is 6. The van der Waals surface area contributed by atoms with Crippen molar-refractivity contribution in [1.29, 1.82) is 0 Å². The summed E-state index contributed by atoms with van der Waals surface area (Å²) in [6.07, 6.45) is 5.40. The van der Waals surface area contributed by atoms with Gasteiger partial charge in [0.1, 0.15) is 29.4 Å². The van der Waals surface area contributed by atoms with E-state index in [1.807, 2.05) is 24.4 Å². The van der Waals surface area contributed by atoms with Gasteiger partial charge >= 0.3 is 0 Å². The van der Waals surface area contributed by atoms with E-state index in [1.54, 1.807) is 18.7 Å². The second-order valence-electron chi connectivity index (χ2n) is 7.82. The van der Waals surface area contributed by atoms with Crippen LogP contribution in [0.25, 0.3) is 27.4 Å². The molecule has 1 aliphatic carbocycles. The lowest BCUT2D eigenvalue weighted by Crippen LogP contribution is -1.97. The van der Waals surface area contributed by atoms with Crippen molar-refractivity contribution in [3.8, 4) is 28.1 Å². The number of furan rings is 1. The number of aryl methyl sites for hydroxylation is 2. The standard InChI is InChI=1S/C24H21N3O4S/c1-28-17-9-20(30-13-14-6-7-15-4-3-5-16(15)8-14)18-11-22(31-21(18)10-17)19-12-27-23(25-19)32-24(26-27)29-2/h6-12H,3-5,13H2,1-2H3. The van der Waals surface area contributed by atoms with Crippen molar-refractivity contribution >= 4 is 27.3 Å². The zero-order valence-corrected chi connectivity index (χ0v) is 18.6. The predicted molar refractivity (Wildman–Crippen MR) is 122 cm³/mol. The Morgan fingerprint density at radius 1 is 1.06 bits per heavy atom. The van der Waals surface area contributed by atoms with Crippen LogP contribution < -0.4 is 14.2 Å². The van der Waals surface area contributed by atoms with Gasteiger partial charge in [-0.15, -0.1) is 5.10 Å². The lowest BCUT2D eigenvalue weighted by atomic mass is 10.1. The molecule has 2 aromatic carbocycles. The molecular weight excluding hydrogens is 426 g/mol. The van der Waals surface area contributed by atoms with Crippen LogP contribution >= 0.6 is 11.3 Å². The Labute approximate surface area is 188 Å². The van der Waals surface area contributed by atoms with Crippen molar-refractivity contribution < 1.29 is 18.6 Å². The van der Waals surface area contributed by atoms with E-state index in [2.05, 4.69) is 28.3 Å². The highest BCUT2D eigenvalue weighted by Crippen LogP contribution is 2.37. The lowest BCUT2D eigenvalue weighted by Gasteiger charge is -2.10. The van der Waals surface area contributed by atoms with Gasteiger partial charge in [0.2, 0.25) is 4.96 Å². The van der Waals surface area contributed by atoms with E-state index in [4.69, 9.17) is 18.6 Å². The van der Waals surface area contributed by atoms with Crippen molar-refractivity contribution in [3.63, 3.8) is 0 Å². The summed E-state index contributed by atoms with van der Waals surface area (Å²) in [7, 11) is 3.23. The van der Waals surface area contributed by atoms with Crippen LogP contribution in [-0.4, -0.2) is 28.8 Å². The summed E-state index contributed by atoms with van der Waals surface area (Å²) < 4.78 is 24.7. The molecule has 0 amide bonds. The monoisotopic (exact) mass is 447 g/mol. The van der Waals surface area contributed by atoms with Crippen LogP contribution in [0.15, 0.2) is 47.0 Å². The maximum atomic E-state index is 6.24. The van der Waals surface area contributed by atoms with E-state index in [-0.39, 0.29) is 0 Å². The first kappa shape index (κ1) is 19.2. The molecule has 0 N–H and O–H groups in total. The normalized spacial score (nSPS) is 13.1. The second-order valence-corrected chi connectivity index (χ2v) is 8.74. The van der Waals surface area contributed by atoms with E-state index >= 15 is 0 Å². The van der Waals surface area contributed by atoms with Crippen LogP contribution in [-0.2, 0) is 19.4 Å². The molecule has 7 nitrogen and oxygen atoms in total. The number of hydrogen-bond acceptors (Lipinski definition) is 7. The highest BCUT2D eigenvalue weighted by Gasteiger charge is 2.17. The average Bonchev–Trinajstić information content (AvgIpc) is 3.58. The molecule has 0 unspecified atom stereocenters. The Hall–Kier alpha value is -3.52. The number of ether oxygens (including phenoxy) is 3. The number of benzene rings is 2. The van der Waals surface area contributed by atoms with Gasteiger partial charge in [-0.05, 0) is 53.4 Å². The molecule has 0 saturated carbocycles. The first-order valence-electron chi connectivity index (χ1n) is 10.5. The SMILES string of the molecule is COc1cc(OCc2ccc3c(c2)CCC3)c2cc(-c3cn4nc(OC)sc4n3)oc2c1. The number of methoxy groups -OCH3 is 2. The van der Waals surface area contributed by atoms with Gasteiger partial charge in [-0.1, -0.05) is 18.2 Å². The molecule has 162 valence electrons. The third kappa shape index (κ3) is 3.27. The summed E-state index contributed by atoms with van der Waals surface area (Å²) in [4.78, 5) is 5.36. The Balaban J connectivity index is 1.33. The Bertz CT molecular complexity index is 1420. The van der Waals surface area contributed by atoms with E-state index in [0.29, 0.717) is 34.6 Å². The van der Waals surface area contributed by atoms with Crippen LogP contribution in [0.3, 0.4) is 0 Å². The largest absolute Gasteiger partial charge is 0.496 e. The molecule has 8 heteroatoms. The van der Waals surface area contributed by atoms with Crippen LogP contribution in [0.1, 0.15) is 23.1 Å². The van der Waals surface area contributed by atoms with Crippen LogP contribution in [0.4, 0.5) is 0 Å². The molecule has 0 spiro atoms. The molecule has 0 radical (unpaired) electrons. The summed E-state index contributed by atoms with van der Waals surface area (Å²) in [6, 6.07) is 12.4. The summed E-state index contributed by atoms with van der Waals surface area (Å²) in [5.74, 6) is 2.04. The summed E-state index contributed by atoms with van der Waals surface area (Å²) in [5, 5.41) is 5.77. The molecule has 6 rings (SSSR count). The van der Waals surface area contributed by atoms with Gasteiger partial charge in [0.15, 0.2) is 5.76 Å². The lowest BCUT2D eigenvalue weighted by molar-refractivity contribution is 0.307. The van der Waals surface area contributed by atoms with Crippen LogP contribution in [0.2, 0.25) is 0 Å². The molecule has 32 heavy (non-hydrogen) atoms. The third-order valence-corrected chi connectivity index (χ3v) is 6.70. The first-order valence-corrected chi connectivity index (χ1v) is 11.3. The predicted octanol–water partition coefficient (Wildman–Crippen LogP) is 5.29. The van der Waals surface area contributed by atoms with Crippen molar-refractivity contribution in [1.82, 2.24) is 14.6 Å². The maximum Gasteiger partial charge on any atom is 0.294 e. The Kier molecular flexibility index (Phi) is 4.53.